The first-order chi connectivity index (χ1) is 19.5. The molecule has 41 heavy (non-hydrogen) atoms. The van der Waals surface area contributed by atoms with E-state index in [2.05, 4.69) is 5.32 Å². The van der Waals surface area contributed by atoms with E-state index >= 15 is 0 Å². The normalized spacial score (nSPS) is 12.0. The van der Waals surface area contributed by atoms with Crippen molar-refractivity contribution in [1.82, 2.24) is 10.2 Å². The summed E-state index contributed by atoms with van der Waals surface area (Å²) >= 11 is 12.9. The van der Waals surface area contributed by atoms with Crippen LogP contribution in [-0.2, 0) is 26.2 Å². The monoisotopic (exact) mass is 617 g/mol. The minimum absolute atomic E-state index is 0.0570. The lowest BCUT2D eigenvalue weighted by molar-refractivity contribution is -0.140. The highest BCUT2D eigenvalue weighted by Crippen LogP contribution is 2.29. The summed E-state index contributed by atoms with van der Waals surface area (Å²) in [5, 5.41) is 3.60. The van der Waals surface area contributed by atoms with E-state index in [0.29, 0.717) is 34.3 Å². The van der Waals surface area contributed by atoms with Gasteiger partial charge < -0.3 is 10.2 Å². The third-order valence-corrected chi connectivity index (χ3v) is 9.31. The van der Waals surface area contributed by atoms with Crippen molar-refractivity contribution < 1.29 is 18.0 Å². The Labute approximate surface area is 253 Å². The van der Waals surface area contributed by atoms with E-state index in [1.807, 2.05) is 20.8 Å². The molecule has 0 saturated heterocycles. The number of anilines is 1. The van der Waals surface area contributed by atoms with Crippen LogP contribution in [0, 0.1) is 13.8 Å². The SMILES string of the molecule is CCCCNC(=O)C(CC)N(Cc1c(Cl)cccc1Cl)C(=O)CN(c1ccc(C)cc1)S(=O)(=O)c1ccc(C)cc1. The van der Waals surface area contributed by atoms with Gasteiger partial charge in [0.25, 0.3) is 10.0 Å². The van der Waals surface area contributed by atoms with Crippen LogP contribution in [0.5, 0.6) is 0 Å². The van der Waals surface area contributed by atoms with Crippen molar-refractivity contribution >= 4 is 50.7 Å². The number of rotatable bonds is 13. The number of nitrogens with zero attached hydrogens (tertiary/aromatic N) is 2. The van der Waals surface area contributed by atoms with Crippen LogP contribution in [0.4, 0.5) is 5.69 Å². The number of carbonyl (C=O) groups is 2. The zero-order valence-electron chi connectivity index (χ0n) is 23.9. The number of sulfonamides is 1. The lowest BCUT2D eigenvalue weighted by atomic mass is 10.1. The molecule has 220 valence electrons. The van der Waals surface area contributed by atoms with Gasteiger partial charge in [-0.2, -0.15) is 0 Å². The molecular formula is C31H37Cl2N3O4S. The topological polar surface area (TPSA) is 86.8 Å². The molecule has 3 aromatic rings. The second-order valence-corrected chi connectivity index (χ2v) is 12.6. The quantitative estimate of drug-likeness (QED) is 0.221. The first-order valence-corrected chi connectivity index (χ1v) is 15.8. The Kier molecular flexibility index (Phi) is 11.6. The van der Waals surface area contributed by atoms with Gasteiger partial charge in [-0.05, 0) is 63.1 Å². The van der Waals surface area contributed by atoms with E-state index in [0.717, 1.165) is 28.3 Å². The second-order valence-electron chi connectivity index (χ2n) is 9.95. The molecule has 0 aliphatic heterocycles. The van der Waals surface area contributed by atoms with Gasteiger partial charge in [0.15, 0.2) is 0 Å². The molecule has 0 aliphatic carbocycles. The molecule has 10 heteroatoms. The summed E-state index contributed by atoms with van der Waals surface area (Å²) in [6.07, 6.45) is 2.00. The summed E-state index contributed by atoms with van der Waals surface area (Å²) in [4.78, 5) is 28.9. The zero-order valence-corrected chi connectivity index (χ0v) is 26.2. The maximum Gasteiger partial charge on any atom is 0.264 e. The number of benzene rings is 3. The highest BCUT2D eigenvalue weighted by Gasteiger charge is 2.34. The van der Waals surface area contributed by atoms with Crippen LogP contribution < -0.4 is 9.62 Å². The summed E-state index contributed by atoms with van der Waals surface area (Å²) in [5.74, 6) is -0.879. The van der Waals surface area contributed by atoms with E-state index in [1.54, 1.807) is 61.5 Å². The molecule has 0 fully saturated rings. The van der Waals surface area contributed by atoms with Crippen LogP contribution in [0.15, 0.2) is 71.6 Å². The molecular weight excluding hydrogens is 581 g/mol. The van der Waals surface area contributed by atoms with Crippen LogP contribution in [0.2, 0.25) is 10.0 Å². The minimum atomic E-state index is -4.14. The predicted octanol–water partition coefficient (Wildman–Crippen LogP) is 6.53. The van der Waals surface area contributed by atoms with Gasteiger partial charge in [0.05, 0.1) is 10.6 Å². The van der Waals surface area contributed by atoms with Gasteiger partial charge in [-0.15, -0.1) is 0 Å². The Morgan fingerprint density at radius 1 is 0.878 bits per heavy atom. The molecule has 1 unspecified atom stereocenters. The summed E-state index contributed by atoms with van der Waals surface area (Å²) in [6, 6.07) is 17.5. The van der Waals surface area contributed by atoms with E-state index in [-0.39, 0.29) is 17.3 Å². The number of nitrogens with one attached hydrogen (secondary N) is 1. The molecule has 0 spiro atoms. The van der Waals surface area contributed by atoms with Gasteiger partial charge in [-0.3, -0.25) is 13.9 Å². The summed E-state index contributed by atoms with van der Waals surface area (Å²) < 4.78 is 29.0. The van der Waals surface area contributed by atoms with Gasteiger partial charge in [-0.25, -0.2) is 8.42 Å². The third kappa shape index (κ3) is 8.24. The van der Waals surface area contributed by atoms with Crippen molar-refractivity contribution in [3.63, 3.8) is 0 Å². The van der Waals surface area contributed by atoms with Crippen molar-refractivity contribution in [3.8, 4) is 0 Å². The molecule has 7 nitrogen and oxygen atoms in total. The number of hydrogen-bond acceptors (Lipinski definition) is 4. The van der Waals surface area contributed by atoms with E-state index in [4.69, 9.17) is 23.2 Å². The smallest absolute Gasteiger partial charge is 0.264 e. The number of unbranched alkanes of at least 4 members (excludes halogenated alkanes) is 1. The summed E-state index contributed by atoms with van der Waals surface area (Å²) in [7, 11) is -4.14. The van der Waals surface area contributed by atoms with Crippen LogP contribution >= 0.6 is 23.2 Å². The van der Waals surface area contributed by atoms with Crippen molar-refractivity contribution in [2.24, 2.45) is 0 Å². The lowest BCUT2D eigenvalue weighted by Gasteiger charge is -2.33. The molecule has 3 rings (SSSR count). The number of amides is 2. The lowest BCUT2D eigenvalue weighted by Crippen LogP contribution is -2.52. The fourth-order valence-electron chi connectivity index (χ4n) is 4.36. The first-order valence-electron chi connectivity index (χ1n) is 13.7. The fraction of sp³-hybridized carbons (Fsp3) is 0.355. The molecule has 3 aromatic carbocycles. The average molecular weight is 619 g/mol. The van der Waals surface area contributed by atoms with Crippen LogP contribution in [0.25, 0.3) is 0 Å². The molecule has 2 amide bonds. The van der Waals surface area contributed by atoms with E-state index < -0.39 is 28.5 Å². The maximum atomic E-state index is 14.1. The molecule has 0 radical (unpaired) electrons. The molecule has 0 aliphatic rings. The van der Waals surface area contributed by atoms with E-state index in [1.165, 1.54) is 17.0 Å². The fourth-order valence-corrected chi connectivity index (χ4v) is 6.29. The van der Waals surface area contributed by atoms with Crippen molar-refractivity contribution in [2.45, 2.75) is 64.4 Å². The molecule has 0 bridgehead atoms. The van der Waals surface area contributed by atoms with E-state index in [9.17, 15) is 18.0 Å². The highest BCUT2D eigenvalue weighted by molar-refractivity contribution is 7.92. The molecule has 0 aromatic heterocycles. The predicted molar refractivity (Wildman–Crippen MR) is 166 cm³/mol. The molecule has 1 atom stereocenters. The average Bonchev–Trinajstić information content (AvgIpc) is 2.94. The minimum Gasteiger partial charge on any atom is -0.354 e. The Hall–Kier alpha value is -3.07. The molecule has 1 N–H and O–H groups in total. The molecule has 0 heterocycles. The number of hydrogen-bond donors (Lipinski definition) is 1. The van der Waals surface area contributed by atoms with Crippen LogP contribution in [-0.4, -0.2) is 44.3 Å². The Morgan fingerprint density at radius 2 is 1.44 bits per heavy atom. The van der Waals surface area contributed by atoms with Gasteiger partial charge in [0, 0.05) is 28.7 Å². The van der Waals surface area contributed by atoms with Gasteiger partial charge in [0.2, 0.25) is 11.8 Å². The largest absolute Gasteiger partial charge is 0.354 e. The third-order valence-electron chi connectivity index (χ3n) is 6.82. The van der Waals surface area contributed by atoms with Gasteiger partial charge >= 0.3 is 0 Å². The Balaban J connectivity index is 2.07. The Bertz CT molecular complexity index is 1420. The molecule has 0 saturated carbocycles. The van der Waals surface area contributed by atoms with Crippen molar-refractivity contribution in [1.29, 1.82) is 0 Å². The van der Waals surface area contributed by atoms with Gasteiger partial charge in [-0.1, -0.05) is 84.9 Å². The first kappa shape index (κ1) is 32.4. The van der Waals surface area contributed by atoms with Gasteiger partial charge in [0.1, 0.15) is 12.6 Å². The van der Waals surface area contributed by atoms with Crippen LogP contribution in [0.1, 0.15) is 49.8 Å². The van der Waals surface area contributed by atoms with Crippen molar-refractivity contribution in [3.05, 3.63) is 93.5 Å². The highest BCUT2D eigenvalue weighted by atomic mass is 35.5. The van der Waals surface area contributed by atoms with Crippen molar-refractivity contribution in [2.75, 3.05) is 17.4 Å². The van der Waals surface area contributed by atoms with Crippen LogP contribution in [0.3, 0.4) is 0 Å². The number of carbonyl (C=O) groups excluding carboxylic acids is 2. The summed E-state index contributed by atoms with van der Waals surface area (Å²) in [5.41, 5.74) is 2.66. The Morgan fingerprint density at radius 3 is 1.98 bits per heavy atom. The maximum absolute atomic E-state index is 14.1. The number of aryl methyl sites for hydroxylation is 2. The summed E-state index contributed by atoms with van der Waals surface area (Å²) in [6.45, 7) is 7.46. The second kappa shape index (κ2) is 14.7. The zero-order chi connectivity index (χ0) is 30.2. The number of halogens is 2. The standard InChI is InChI=1S/C31H37Cl2N3O4S/c1-5-7-19-34-31(38)29(6-2)35(20-26-27(32)9-8-10-28(26)33)30(37)21-36(24-15-11-22(3)12-16-24)41(39,40)25-17-13-23(4)14-18-25/h8-18,29H,5-7,19-21H2,1-4H3,(H,34,38).